The largest absolute Gasteiger partial charge is 0.399 e. The van der Waals surface area contributed by atoms with Crippen LogP contribution in [0.3, 0.4) is 0 Å². The minimum atomic E-state index is -0.294. The van der Waals surface area contributed by atoms with Crippen LogP contribution in [0.4, 0.5) is 11.4 Å². The Bertz CT molecular complexity index is 398. The third-order valence-corrected chi connectivity index (χ3v) is 2.73. The van der Waals surface area contributed by atoms with Gasteiger partial charge in [-0.3, -0.25) is 4.79 Å². The van der Waals surface area contributed by atoms with E-state index in [4.69, 9.17) is 10.5 Å². The van der Waals surface area contributed by atoms with Gasteiger partial charge in [0.05, 0.1) is 0 Å². The lowest BCUT2D eigenvalue weighted by Crippen LogP contribution is -2.27. The molecular weight excluding hydrogens is 204 g/mol. The SMILES string of the molecule is Cc1cc(N)ccc1NC(=O)C1CCCO1. The Labute approximate surface area is 94.8 Å². The molecule has 1 saturated heterocycles. The minimum Gasteiger partial charge on any atom is -0.399 e. The summed E-state index contributed by atoms with van der Waals surface area (Å²) < 4.78 is 5.31. The summed E-state index contributed by atoms with van der Waals surface area (Å²) in [5, 5.41) is 2.86. The highest BCUT2D eigenvalue weighted by atomic mass is 16.5. The molecule has 1 atom stereocenters. The monoisotopic (exact) mass is 220 g/mol. The van der Waals surface area contributed by atoms with Gasteiger partial charge < -0.3 is 15.8 Å². The van der Waals surface area contributed by atoms with Gasteiger partial charge in [-0.15, -0.1) is 0 Å². The smallest absolute Gasteiger partial charge is 0.253 e. The highest BCUT2D eigenvalue weighted by Crippen LogP contribution is 2.20. The molecule has 4 heteroatoms. The number of nitrogen functional groups attached to an aromatic ring is 1. The normalized spacial score (nSPS) is 19.7. The lowest BCUT2D eigenvalue weighted by atomic mass is 10.1. The highest BCUT2D eigenvalue weighted by molar-refractivity contribution is 5.95. The van der Waals surface area contributed by atoms with Crippen LogP contribution in [0.25, 0.3) is 0 Å². The molecule has 1 heterocycles. The second-order valence-corrected chi connectivity index (χ2v) is 4.07. The molecule has 1 unspecified atom stereocenters. The lowest BCUT2D eigenvalue weighted by Gasteiger charge is -2.12. The minimum absolute atomic E-state index is 0.0645. The molecule has 4 nitrogen and oxygen atoms in total. The molecule has 0 radical (unpaired) electrons. The van der Waals surface area contributed by atoms with Gasteiger partial charge in [0.1, 0.15) is 6.10 Å². The fourth-order valence-corrected chi connectivity index (χ4v) is 1.82. The van der Waals surface area contributed by atoms with Crippen LogP contribution in [0.15, 0.2) is 18.2 Å². The van der Waals surface area contributed by atoms with Crippen molar-refractivity contribution >= 4 is 17.3 Å². The molecule has 1 aromatic carbocycles. The zero-order valence-electron chi connectivity index (χ0n) is 9.32. The summed E-state index contributed by atoms with van der Waals surface area (Å²) in [7, 11) is 0. The van der Waals surface area contributed by atoms with Crippen LogP contribution in [-0.2, 0) is 9.53 Å². The summed E-state index contributed by atoms with van der Waals surface area (Å²) in [4.78, 5) is 11.8. The Kier molecular flexibility index (Phi) is 3.10. The molecule has 1 fully saturated rings. The van der Waals surface area contributed by atoms with Crippen LogP contribution in [0, 0.1) is 6.92 Å². The van der Waals surface area contributed by atoms with E-state index in [1.54, 1.807) is 6.07 Å². The average molecular weight is 220 g/mol. The van der Waals surface area contributed by atoms with E-state index in [1.165, 1.54) is 0 Å². The molecule has 1 aliphatic rings. The molecule has 2 rings (SSSR count). The number of nitrogens with two attached hydrogens (primary N) is 1. The summed E-state index contributed by atoms with van der Waals surface area (Å²) >= 11 is 0. The van der Waals surface area contributed by atoms with Gasteiger partial charge in [-0.2, -0.15) is 0 Å². The first-order chi connectivity index (χ1) is 7.66. The maximum absolute atomic E-state index is 11.8. The number of benzene rings is 1. The molecule has 0 bridgehead atoms. The third kappa shape index (κ3) is 2.33. The average Bonchev–Trinajstić information content (AvgIpc) is 2.75. The van der Waals surface area contributed by atoms with E-state index >= 15 is 0 Å². The first kappa shape index (κ1) is 11.0. The first-order valence-corrected chi connectivity index (χ1v) is 5.45. The van der Waals surface area contributed by atoms with Crippen LogP contribution in [-0.4, -0.2) is 18.6 Å². The number of nitrogens with one attached hydrogen (secondary N) is 1. The molecule has 1 aromatic rings. The molecule has 0 saturated carbocycles. The zero-order valence-corrected chi connectivity index (χ0v) is 9.32. The van der Waals surface area contributed by atoms with Crippen molar-refractivity contribution in [2.45, 2.75) is 25.9 Å². The summed E-state index contributed by atoms with van der Waals surface area (Å²) in [6, 6.07) is 5.43. The highest BCUT2D eigenvalue weighted by Gasteiger charge is 2.23. The van der Waals surface area contributed by atoms with Crippen LogP contribution in [0.2, 0.25) is 0 Å². The van der Waals surface area contributed by atoms with E-state index in [0.29, 0.717) is 12.3 Å². The summed E-state index contributed by atoms with van der Waals surface area (Å²) in [6.07, 6.45) is 1.47. The van der Waals surface area contributed by atoms with Crippen molar-refractivity contribution in [3.05, 3.63) is 23.8 Å². The van der Waals surface area contributed by atoms with Gasteiger partial charge in [0.15, 0.2) is 0 Å². The number of ether oxygens (including phenoxy) is 1. The van der Waals surface area contributed by atoms with E-state index in [2.05, 4.69) is 5.32 Å². The topological polar surface area (TPSA) is 64.3 Å². The van der Waals surface area contributed by atoms with Gasteiger partial charge in [0.25, 0.3) is 5.91 Å². The van der Waals surface area contributed by atoms with Crippen LogP contribution >= 0.6 is 0 Å². The molecular formula is C12H16N2O2. The van der Waals surface area contributed by atoms with E-state index < -0.39 is 0 Å². The van der Waals surface area contributed by atoms with E-state index in [-0.39, 0.29) is 12.0 Å². The fraction of sp³-hybridized carbons (Fsp3) is 0.417. The maximum Gasteiger partial charge on any atom is 0.253 e. The molecule has 1 aliphatic heterocycles. The number of hydrogen-bond acceptors (Lipinski definition) is 3. The van der Waals surface area contributed by atoms with Crippen LogP contribution < -0.4 is 11.1 Å². The third-order valence-electron chi connectivity index (χ3n) is 2.73. The number of rotatable bonds is 2. The van der Waals surface area contributed by atoms with Crippen molar-refractivity contribution in [1.82, 2.24) is 0 Å². The number of anilines is 2. The summed E-state index contributed by atoms with van der Waals surface area (Å²) in [6.45, 7) is 2.60. The quantitative estimate of drug-likeness (QED) is 0.745. The van der Waals surface area contributed by atoms with Crippen molar-refractivity contribution in [3.8, 4) is 0 Å². The standard InChI is InChI=1S/C12H16N2O2/c1-8-7-9(13)4-5-10(8)14-12(15)11-3-2-6-16-11/h4-5,7,11H,2-3,6,13H2,1H3,(H,14,15). The van der Waals surface area contributed by atoms with Gasteiger partial charge in [0, 0.05) is 18.0 Å². The molecule has 0 aliphatic carbocycles. The van der Waals surface area contributed by atoms with E-state index in [0.717, 1.165) is 24.1 Å². The molecule has 1 amide bonds. The predicted molar refractivity (Wildman–Crippen MR) is 63.2 cm³/mol. The van der Waals surface area contributed by atoms with Gasteiger partial charge in [-0.25, -0.2) is 0 Å². The fourth-order valence-electron chi connectivity index (χ4n) is 1.82. The number of aryl methyl sites for hydroxylation is 1. The zero-order chi connectivity index (χ0) is 11.5. The molecule has 0 aromatic heterocycles. The Balaban J connectivity index is 2.05. The number of hydrogen-bond donors (Lipinski definition) is 2. The van der Waals surface area contributed by atoms with Gasteiger partial charge in [0.2, 0.25) is 0 Å². The Hall–Kier alpha value is -1.55. The number of carbonyl (C=O) groups is 1. The van der Waals surface area contributed by atoms with Gasteiger partial charge in [-0.05, 0) is 43.5 Å². The molecule has 16 heavy (non-hydrogen) atoms. The van der Waals surface area contributed by atoms with Gasteiger partial charge in [-0.1, -0.05) is 0 Å². The number of carbonyl (C=O) groups excluding carboxylic acids is 1. The predicted octanol–water partition coefficient (Wildman–Crippen LogP) is 1.69. The molecule has 3 N–H and O–H groups in total. The lowest BCUT2D eigenvalue weighted by molar-refractivity contribution is -0.124. The first-order valence-electron chi connectivity index (χ1n) is 5.45. The van der Waals surface area contributed by atoms with Crippen molar-refractivity contribution in [3.63, 3.8) is 0 Å². The second-order valence-electron chi connectivity index (χ2n) is 4.07. The summed E-state index contributed by atoms with van der Waals surface area (Å²) in [5.41, 5.74) is 8.11. The Morgan fingerprint density at radius 2 is 2.38 bits per heavy atom. The molecule has 86 valence electrons. The van der Waals surface area contributed by atoms with Crippen molar-refractivity contribution in [2.24, 2.45) is 0 Å². The van der Waals surface area contributed by atoms with Crippen molar-refractivity contribution < 1.29 is 9.53 Å². The van der Waals surface area contributed by atoms with Crippen molar-refractivity contribution in [1.29, 1.82) is 0 Å². The van der Waals surface area contributed by atoms with Gasteiger partial charge >= 0.3 is 0 Å². The van der Waals surface area contributed by atoms with E-state index in [9.17, 15) is 4.79 Å². The van der Waals surface area contributed by atoms with Crippen molar-refractivity contribution in [2.75, 3.05) is 17.7 Å². The maximum atomic E-state index is 11.8. The Morgan fingerprint density at radius 3 is 3.00 bits per heavy atom. The number of amides is 1. The van der Waals surface area contributed by atoms with Crippen LogP contribution in [0.5, 0.6) is 0 Å². The van der Waals surface area contributed by atoms with Crippen LogP contribution in [0.1, 0.15) is 18.4 Å². The second kappa shape index (κ2) is 4.53. The van der Waals surface area contributed by atoms with E-state index in [1.807, 2.05) is 19.1 Å². The molecule has 0 spiro atoms. The Morgan fingerprint density at radius 1 is 1.56 bits per heavy atom. The summed E-state index contributed by atoms with van der Waals surface area (Å²) in [5.74, 6) is -0.0645.